The Bertz CT molecular complexity index is 470. The van der Waals surface area contributed by atoms with Crippen molar-refractivity contribution in [3.8, 4) is 0 Å². The molecule has 116 valence electrons. The van der Waals surface area contributed by atoms with Crippen molar-refractivity contribution in [2.45, 2.75) is 56.8 Å². The van der Waals surface area contributed by atoms with Crippen LogP contribution in [0.2, 0.25) is 0 Å². The molecule has 1 amide bonds. The maximum atomic E-state index is 12.2. The number of carbonyl (C=O) groups is 1. The van der Waals surface area contributed by atoms with Crippen LogP contribution in [0.15, 0.2) is 23.1 Å². The van der Waals surface area contributed by atoms with Gasteiger partial charge in [-0.15, -0.1) is 11.8 Å². The molecule has 1 aliphatic carbocycles. The van der Waals surface area contributed by atoms with E-state index in [1.54, 1.807) is 11.8 Å². The molecule has 0 saturated heterocycles. The zero-order chi connectivity index (χ0) is 15.1. The number of thioether (sulfide) groups is 1. The SMILES string of the molecule is CCCSc1ccc(N)c(NC(=O)CC2CCCCC2)c1. The summed E-state index contributed by atoms with van der Waals surface area (Å²) < 4.78 is 0. The van der Waals surface area contributed by atoms with Crippen LogP contribution in [-0.4, -0.2) is 11.7 Å². The molecule has 0 aromatic heterocycles. The van der Waals surface area contributed by atoms with Crippen LogP contribution in [-0.2, 0) is 4.79 Å². The van der Waals surface area contributed by atoms with E-state index in [1.165, 1.54) is 37.0 Å². The largest absolute Gasteiger partial charge is 0.397 e. The van der Waals surface area contributed by atoms with Crippen molar-refractivity contribution in [2.24, 2.45) is 5.92 Å². The summed E-state index contributed by atoms with van der Waals surface area (Å²) in [6.45, 7) is 2.16. The highest BCUT2D eigenvalue weighted by Gasteiger charge is 2.17. The average Bonchev–Trinajstić information content (AvgIpc) is 2.49. The first-order valence-electron chi connectivity index (χ1n) is 8.01. The summed E-state index contributed by atoms with van der Waals surface area (Å²) in [6.07, 6.45) is 8.00. The Kier molecular flexibility index (Phi) is 6.43. The Morgan fingerprint density at radius 2 is 2.10 bits per heavy atom. The summed E-state index contributed by atoms with van der Waals surface area (Å²) in [6, 6.07) is 5.90. The minimum absolute atomic E-state index is 0.103. The molecule has 1 fully saturated rings. The van der Waals surface area contributed by atoms with Crippen LogP contribution in [0, 0.1) is 5.92 Å². The van der Waals surface area contributed by atoms with Gasteiger partial charge in [0.05, 0.1) is 11.4 Å². The van der Waals surface area contributed by atoms with Gasteiger partial charge in [0.15, 0.2) is 0 Å². The van der Waals surface area contributed by atoms with E-state index >= 15 is 0 Å². The second-order valence-corrected chi connectivity index (χ2v) is 7.02. The van der Waals surface area contributed by atoms with Crippen LogP contribution in [0.4, 0.5) is 11.4 Å². The number of anilines is 2. The summed E-state index contributed by atoms with van der Waals surface area (Å²) in [4.78, 5) is 13.4. The number of nitrogens with one attached hydrogen (secondary N) is 1. The first kappa shape index (κ1) is 16.2. The number of nitrogen functional groups attached to an aromatic ring is 1. The number of carbonyl (C=O) groups excluding carboxylic acids is 1. The molecule has 21 heavy (non-hydrogen) atoms. The quantitative estimate of drug-likeness (QED) is 0.592. The van der Waals surface area contributed by atoms with E-state index in [4.69, 9.17) is 5.73 Å². The van der Waals surface area contributed by atoms with Crippen molar-refractivity contribution in [3.05, 3.63) is 18.2 Å². The molecule has 3 nitrogen and oxygen atoms in total. The molecule has 0 heterocycles. The van der Waals surface area contributed by atoms with Crippen molar-refractivity contribution < 1.29 is 4.79 Å². The molecular weight excluding hydrogens is 280 g/mol. The average molecular weight is 306 g/mol. The first-order chi connectivity index (χ1) is 10.2. The highest BCUT2D eigenvalue weighted by molar-refractivity contribution is 7.99. The molecule has 0 aliphatic heterocycles. The number of amides is 1. The number of hydrogen-bond donors (Lipinski definition) is 2. The summed E-state index contributed by atoms with van der Waals surface area (Å²) in [5.41, 5.74) is 7.38. The molecule has 1 aliphatic rings. The second-order valence-electron chi connectivity index (χ2n) is 5.85. The van der Waals surface area contributed by atoms with Crippen molar-refractivity contribution in [1.82, 2.24) is 0 Å². The van der Waals surface area contributed by atoms with Gasteiger partial charge in [0.2, 0.25) is 5.91 Å². The van der Waals surface area contributed by atoms with Gasteiger partial charge < -0.3 is 11.1 Å². The zero-order valence-electron chi connectivity index (χ0n) is 12.9. The van der Waals surface area contributed by atoms with Crippen molar-refractivity contribution >= 4 is 29.0 Å². The molecule has 1 aromatic carbocycles. The molecule has 1 saturated carbocycles. The number of hydrogen-bond acceptors (Lipinski definition) is 3. The van der Waals surface area contributed by atoms with Crippen LogP contribution in [0.1, 0.15) is 51.9 Å². The standard InChI is InChI=1S/C17H26N2OS/c1-2-10-21-14-8-9-15(18)16(12-14)19-17(20)11-13-6-4-3-5-7-13/h8-9,12-13H,2-7,10-11,18H2,1H3,(H,19,20). The van der Waals surface area contributed by atoms with E-state index in [1.807, 2.05) is 18.2 Å². The lowest BCUT2D eigenvalue weighted by atomic mass is 9.87. The number of rotatable bonds is 6. The lowest BCUT2D eigenvalue weighted by Crippen LogP contribution is -2.19. The van der Waals surface area contributed by atoms with Gasteiger partial charge in [0.25, 0.3) is 0 Å². The predicted molar refractivity (Wildman–Crippen MR) is 91.7 cm³/mol. The van der Waals surface area contributed by atoms with Crippen LogP contribution in [0.3, 0.4) is 0 Å². The Hall–Kier alpha value is -1.16. The van der Waals surface area contributed by atoms with E-state index in [0.29, 0.717) is 18.0 Å². The molecule has 3 N–H and O–H groups in total. The summed E-state index contributed by atoms with van der Waals surface area (Å²) >= 11 is 1.80. The molecule has 0 atom stereocenters. The lowest BCUT2D eigenvalue weighted by molar-refractivity contribution is -0.117. The summed E-state index contributed by atoms with van der Waals surface area (Å²) in [5.74, 6) is 1.74. The van der Waals surface area contributed by atoms with Crippen molar-refractivity contribution in [3.63, 3.8) is 0 Å². The Morgan fingerprint density at radius 3 is 2.81 bits per heavy atom. The third kappa shape index (κ3) is 5.27. The van der Waals surface area contributed by atoms with E-state index in [2.05, 4.69) is 12.2 Å². The van der Waals surface area contributed by atoms with Crippen LogP contribution in [0.5, 0.6) is 0 Å². The number of benzene rings is 1. The van der Waals surface area contributed by atoms with Gasteiger partial charge in [-0.25, -0.2) is 0 Å². The maximum absolute atomic E-state index is 12.2. The number of nitrogens with two attached hydrogens (primary N) is 1. The summed E-state index contributed by atoms with van der Waals surface area (Å²) in [7, 11) is 0. The molecular formula is C17H26N2OS. The third-order valence-electron chi connectivity index (χ3n) is 3.97. The monoisotopic (exact) mass is 306 g/mol. The van der Waals surface area contributed by atoms with Gasteiger partial charge in [-0.1, -0.05) is 26.2 Å². The fourth-order valence-electron chi connectivity index (χ4n) is 2.81. The van der Waals surface area contributed by atoms with Crippen molar-refractivity contribution in [2.75, 3.05) is 16.8 Å². The minimum atomic E-state index is 0.103. The molecule has 1 aromatic rings. The first-order valence-corrected chi connectivity index (χ1v) is 8.99. The van der Waals surface area contributed by atoms with Gasteiger partial charge >= 0.3 is 0 Å². The van der Waals surface area contributed by atoms with Crippen molar-refractivity contribution in [1.29, 1.82) is 0 Å². The predicted octanol–water partition coefficient (Wildman–Crippen LogP) is 4.68. The maximum Gasteiger partial charge on any atom is 0.224 e. The Balaban J connectivity index is 1.92. The van der Waals surface area contributed by atoms with Crippen LogP contribution in [0.25, 0.3) is 0 Å². The molecule has 2 rings (SSSR count). The zero-order valence-corrected chi connectivity index (χ0v) is 13.7. The van der Waals surface area contributed by atoms with E-state index in [-0.39, 0.29) is 5.91 Å². The van der Waals surface area contributed by atoms with E-state index < -0.39 is 0 Å². The Labute approximate surface area is 132 Å². The smallest absolute Gasteiger partial charge is 0.224 e. The van der Waals surface area contributed by atoms with Crippen LogP contribution >= 0.6 is 11.8 Å². The minimum Gasteiger partial charge on any atom is -0.397 e. The van der Waals surface area contributed by atoms with Gasteiger partial charge in [0.1, 0.15) is 0 Å². The molecule has 0 radical (unpaired) electrons. The normalized spacial score (nSPS) is 15.9. The summed E-state index contributed by atoms with van der Waals surface area (Å²) in [5, 5.41) is 3.00. The topological polar surface area (TPSA) is 55.1 Å². The van der Waals surface area contributed by atoms with Gasteiger partial charge in [0, 0.05) is 11.3 Å². The van der Waals surface area contributed by atoms with Gasteiger partial charge in [-0.2, -0.15) is 0 Å². The fraction of sp³-hybridized carbons (Fsp3) is 0.588. The molecule has 0 unspecified atom stereocenters. The van der Waals surface area contributed by atoms with Crippen LogP contribution < -0.4 is 11.1 Å². The highest BCUT2D eigenvalue weighted by Crippen LogP contribution is 2.29. The second kappa shape index (κ2) is 8.32. The van der Waals surface area contributed by atoms with Gasteiger partial charge in [-0.05, 0) is 49.1 Å². The molecule has 4 heteroatoms. The fourth-order valence-corrected chi connectivity index (χ4v) is 3.61. The van der Waals surface area contributed by atoms with E-state index in [9.17, 15) is 4.79 Å². The third-order valence-corrected chi connectivity index (χ3v) is 5.17. The molecule has 0 spiro atoms. The highest BCUT2D eigenvalue weighted by atomic mass is 32.2. The Morgan fingerprint density at radius 1 is 1.33 bits per heavy atom. The molecule has 0 bridgehead atoms. The van der Waals surface area contributed by atoms with E-state index in [0.717, 1.165) is 17.9 Å². The lowest BCUT2D eigenvalue weighted by Gasteiger charge is -2.21. The van der Waals surface area contributed by atoms with Gasteiger partial charge in [-0.3, -0.25) is 4.79 Å².